The molecule has 2 aromatic heterocycles. The molecule has 318 valence electrons. The van der Waals surface area contributed by atoms with Gasteiger partial charge in [0.25, 0.3) is 0 Å². The van der Waals surface area contributed by atoms with Crippen LogP contribution in [-0.4, -0.2) is 9.55 Å². The molecule has 0 amide bonds. The van der Waals surface area contributed by atoms with Gasteiger partial charge in [-0.3, -0.25) is 4.85 Å². The van der Waals surface area contributed by atoms with Crippen LogP contribution in [0.5, 0.6) is 11.5 Å². The van der Waals surface area contributed by atoms with Gasteiger partial charge in [-0.25, -0.2) is 4.98 Å². The Labute approximate surface area is 390 Å². The zero-order valence-electron chi connectivity index (χ0n) is 36.6. The zero-order chi connectivity index (χ0) is 43.5. The topological polar surface area (TPSA) is 37.9 Å². The van der Waals surface area contributed by atoms with E-state index in [9.17, 15) is 0 Å². The molecule has 0 N–H and O–H groups in total. The predicted molar refractivity (Wildman–Crippen MR) is 259 cm³/mol. The first-order chi connectivity index (χ1) is 30.4. The molecule has 0 aliphatic carbocycles. The van der Waals surface area contributed by atoms with E-state index >= 15 is 0 Å². The Morgan fingerprint density at radius 2 is 1.20 bits per heavy atom. The van der Waals surface area contributed by atoms with Crippen molar-refractivity contribution in [3.05, 3.63) is 205 Å². The number of rotatable bonds is 7. The van der Waals surface area contributed by atoms with Gasteiger partial charge in [-0.1, -0.05) is 138 Å². The van der Waals surface area contributed by atoms with Crippen molar-refractivity contribution in [1.29, 1.82) is 0 Å². The summed E-state index contributed by atoms with van der Waals surface area (Å²) in [7, 11) is 0. The Bertz CT molecular complexity index is 3170. The number of hydrogen-bond acceptors (Lipinski definition) is 4. The van der Waals surface area contributed by atoms with E-state index in [1.165, 1.54) is 11.1 Å². The fraction of sp³-hybridized carbons (Fsp3) is 0.140. The van der Waals surface area contributed by atoms with Crippen LogP contribution in [0.4, 0.5) is 28.4 Å². The van der Waals surface area contributed by atoms with Gasteiger partial charge in [0.2, 0.25) is 0 Å². The number of ether oxygens (including phenoxy) is 1. The molecule has 0 atom stereocenters. The van der Waals surface area contributed by atoms with E-state index in [4.69, 9.17) is 16.3 Å². The van der Waals surface area contributed by atoms with E-state index < -0.39 is 0 Å². The van der Waals surface area contributed by atoms with E-state index in [-0.39, 0.29) is 31.9 Å². The number of pyridine rings is 1. The Morgan fingerprint density at radius 3 is 1.84 bits per heavy atom. The monoisotopic (exact) mass is 1010 g/mol. The van der Waals surface area contributed by atoms with Crippen LogP contribution in [-0.2, 0) is 31.9 Å². The third-order valence-corrected chi connectivity index (χ3v) is 11.8. The molecule has 1 aliphatic rings. The van der Waals surface area contributed by atoms with Crippen molar-refractivity contribution in [3.8, 4) is 39.6 Å². The summed E-state index contributed by atoms with van der Waals surface area (Å²) in [4.78, 5) is 13.2. The van der Waals surface area contributed by atoms with Gasteiger partial charge in [-0.2, -0.15) is 6.07 Å². The summed E-state index contributed by atoms with van der Waals surface area (Å²) < 4.78 is 8.81. The van der Waals surface area contributed by atoms with Crippen molar-refractivity contribution in [2.75, 3.05) is 9.80 Å². The standard InChI is InChI=1S/C57H46N5O.Pt/c1-56(2,3)40-28-29-59-54(32-40)62-50-23-15-14-22-46(50)47-27-26-44(36-53(47)62)63-45-34-42(58-7)33-43(35-45)60-37-61(52-25-17-16-24-51(52)60)55-48(38-18-10-8-11-19-38)30-41(57(4,5)6)31-49(55)39-20-12-9-13-21-39;/h8-34,37H,1-6H3;/q-3;. The van der Waals surface area contributed by atoms with Gasteiger partial charge in [-0.15, -0.1) is 48.1 Å². The molecule has 10 rings (SSSR count). The van der Waals surface area contributed by atoms with E-state index in [1.807, 2.05) is 24.4 Å². The van der Waals surface area contributed by atoms with Crippen LogP contribution in [0.1, 0.15) is 52.7 Å². The molecular formula is C57H46N5OPt-3. The van der Waals surface area contributed by atoms with Crippen molar-refractivity contribution in [2.45, 2.75) is 52.4 Å². The molecule has 0 spiro atoms. The van der Waals surface area contributed by atoms with E-state index in [0.717, 1.165) is 66.9 Å². The number of nitrogens with zero attached hydrogens (tertiary/aromatic N) is 5. The minimum atomic E-state index is -0.0947. The molecule has 6 nitrogen and oxygen atoms in total. The quantitative estimate of drug-likeness (QED) is 0.149. The largest absolute Gasteiger partial charge is 0.510 e. The third kappa shape index (κ3) is 7.76. The number of aromatic nitrogens is 2. The zero-order valence-corrected chi connectivity index (χ0v) is 38.9. The van der Waals surface area contributed by atoms with Crippen molar-refractivity contribution >= 4 is 50.2 Å². The van der Waals surface area contributed by atoms with Crippen LogP contribution in [0.25, 0.3) is 54.7 Å². The van der Waals surface area contributed by atoms with Gasteiger partial charge in [0, 0.05) is 72.5 Å². The predicted octanol–water partition coefficient (Wildman–Crippen LogP) is 15.5. The number of benzene rings is 7. The van der Waals surface area contributed by atoms with Crippen LogP contribution in [0.2, 0.25) is 0 Å². The Kier molecular flexibility index (Phi) is 11.0. The van der Waals surface area contributed by atoms with Crippen molar-refractivity contribution < 1.29 is 25.8 Å². The Hall–Kier alpha value is -6.93. The van der Waals surface area contributed by atoms with Crippen molar-refractivity contribution in [3.63, 3.8) is 0 Å². The number of hydrogen-bond donors (Lipinski definition) is 0. The summed E-state index contributed by atoms with van der Waals surface area (Å²) >= 11 is 0. The van der Waals surface area contributed by atoms with E-state index in [2.05, 4.69) is 213 Å². The second-order valence-corrected chi connectivity index (χ2v) is 18.1. The maximum Gasteiger partial charge on any atom is 0.135 e. The summed E-state index contributed by atoms with van der Waals surface area (Å²) in [5, 5.41) is 2.15. The number of para-hydroxylation sites is 3. The molecule has 3 heterocycles. The third-order valence-electron chi connectivity index (χ3n) is 11.8. The first kappa shape index (κ1) is 42.4. The SMILES string of the molecule is [C-]#[N+]c1cc(Oc2[c-]c3c(cc2)c2ccccc2n3-c2cc(C(C)(C)C)ccn2)[c-]c(N2[CH-]N(c3c(-c4ccccc4)cc(C(C)(C)C)cc3-c3ccccc3)c3ccccc32)c1.[Pt]. The second kappa shape index (κ2) is 16.6. The summed E-state index contributed by atoms with van der Waals surface area (Å²) in [6.45, 7) is 23.7. The molecule has 1 aliphatic heterocycles. The number of anilines is 4. The molecule has 0 saturated heterocycles. The van der Waals surface area contributed by atoms with E-state index in [0.29, 0.717) is 22.9 Å². The maximum atomic E-state index is 8.18. The van der Waals surface area contributed by atoms with Crippen LogP contribution < -0.4 is 14.5 Å². The average Bonchev–Trinajstić information content (AvgIpc) is 3.84. The second-order valence-electron chi connectivity index (χ2n) is 18.1. The fourth-order valence-electron chi connectivity index (χ4n) is 8.55. The summed E-state index contributed by atoms with van der Waals surface area (Å²) in [6, 6.07) is 61.7. The molecular weight excluding hydrogens is 966 g/mol. The average molecular weight is 1010 g/mol. The molecule has 0 bridgehead atoms. The van der Waals surface area contributed by atoms with Crippen molar-refractivity contribution in [2.24, 2.45) is 0 Å². The molecule has 0 unspecified atom stereocenters. The van der Waals surface area contributed by atoms with Crippen LogP contribution >= 0.6 is 0 Å². The molecule has 0 radical (unpaired) electrons. The molecule has 64 heavy (non-hydrogen) atoms. The Morgan fingerprint density at radius 1 is 0.594 bits per heavy atom. The van der Waals surface area contributed by atoms with Gasteiger partial charge >= 0.3 is 0 Å². The first-order valence-electron chi connectivity index (χ1n) is 21.3. The fourth-order valence-corrected chi connectivity index (χ4v) is 8.55. The smallest absolute Gasteiger partial charge is 0.135 e. The van der Waals surface area contributed by atoms with Crippen LogP contribution in [0, 0.1) is 25.4 Å². The van der Waals surface area contributed by atoms with Gasteiger partial charge in [-0.05, 0) is 80.9 Å². The van der Waals surface area contributed by atoms with Gasteiger partial charge in [0.15, 0.2) is 0 Å². The first-order valence-corrected chi connectivity index (χ1v) is 21.3. The molecule has 9 aromatic rings. The molecule has 0 saturated carbocycles. The Balaban J connectivity index is 0.00000518. The van der Waals surface area contributed by atoms with Crippen molar-refractivity contribution in [1.82, 2.24) is 9.55 Å². The van der Waals surface area contributed by atoms with Crippen LogP contribution in [0.3, 0.4) is 0 Å². The summed E-state index contributed by atoms with van der Waals surface area (Å²) in [5.41, 5.74) is 12.8. The normalized spacial score (nSPS) is 12.6. The minimum absolute atomic E-state index is 0. The van der Waals surface area contributed by atoms with Gasteiger partial charge in [0.05, 0.1) is 12.3 Å². The van der Waals surface area contributed by atoms with E-state index in [1.54, 1.807) is 6.07 Å². The van der Waals surface area contributed by atoms with Crippen LogP contribution in [0.15, 0.2) is 164 Å². The number of fused-ring (bicyclic) bond motifs is 4. The maximum absolute atomic E-state index is 8.18. The summed E-state index contributed by atoms with van der Waals surface area (Å²) in [5.74, 6) is 1.74. The summed E-state index contributed by atoms with van der Waals surface area (Å²) in [6.07, 6.45) is 1.88. The molecule has 7 aromatic carbocycles. The van der Waals surface area contributed by atoms with Gasteiger partial charge in [0.1, 0.15) is 5.82 Å². The minimum Gasteiger partial charge on any atom is -0.510 e. The van der Waals surface area contributed by atoms with Gasteiger partial charge < -0.3 is 19.1 Å². The molecule has 7 heteroatoms. The molecule has 0 fully saturated rings.